The number of allylic oxidation sites excluding steroid dienone is 16. The minimum Gasteiger partial charge on any atom is -0.457 e. The fourth-order valence-corrected chi connectivity index (χ4v) is 6.48. The molecule has 4 N–H and O–H groups in total. The third-order valence-corrected chi connectivity index (χ3v) is 9.68. The van der Waals surface area contributed by atoms with E-state index in [1.54, 1.807) is 0 Å². The molecule has 0 aromatic heterocycles. The van der Waals surface area contributed by atoms with Crippen LogP contribution in [0.2, 0.25) is 0 Å². The zero-order valence-corrected chi connectivity index (χ0v) is 37.0. The SMILES string of the molecule is CC/C=C\C/C=C\C/C=C\C/C=C\CCCCCCCCCOCC(COC1OC(CO)C(O)C(OS(=O)(=O)O)C1O)OC(=O)CC/C=C\C/C=C\C/C=C\C/C=C\CC. The van der Waals surface area contributed by atoms with Crippen molar-refractivity contribution in [3.05, 3.63) is 97.2 Å². The Hall–Kier alpha value is -2.98. The zero-order valence-electron chi connectivity index (χ0n) is 36.2. The van der Waals surface area contributed by atoms with E-state index >= 15 is 0 Å². The van der Waals surface area contributed by atoms with E-state index in [9.17, 15) is 28.5 Å². The molecule has 6 atom stereocenters. The van der Waals surface area contributed by atoms with Crippen LogP contribution in [0.5, 0.6) is 0 Å². The van der Waals surface area contributed by atoms with Crippen LogP contribution in [0.15, 0.2) is 97.2 Å². The van der Waals surface area contributed by atoms with Crippen molar-refractivity contribution >= 4 is 16.4 Å². The van der Waals surface area contributed by atoms with Crippen molar-refractivity contribution in [1.29, 1.82) is 0 Å². The number of hydrogen-bond donors (Lipinski definition) is 4. The third kappa shape index (κ3) is 31.0. The summed E-state index contributed by atoms with van der Waals surface area (Å²) in [5, 5.41) is 30.6. The average molecular weight is 865 g/mol. The van der Waals surface area contributed by atoms with Crippen LogP contribution in [-0.4, -0.2) is 97.5 Å². The Labute approximate surface area is 361 Å². The molecule has 1 aliphatic rings. The van der Waals surface area contributed by atoms with Gasteiger partial charge < -0.3 is 34.3 Å². The Morgan fingerprint density at radius 3 is 1.60 bits per heavy atom. The van der Waals surface area contributed by atoms with Crippen LogP contribution in [-0.2, 0) is 38.3 Å². The van der Waals surface area contributed by atoms with Gasteiger partial charge in [0, 0.05) is 13.0 Å². The first-order valence-electron chi connectivity index (χ1n) is 22.0. The summed E-state index contributed by atoms with van der Waals surface area (Å²) in [6.45, 7) is 3.61. The number of carbonyl (C=O) groups excluding carboxylic acids is 1. The zero-order chi connectivity index (χ0) is 43.9. The lowest BCUT2D eigenvalue weighted by atomic mass is 9.99. The van der Waals surface area contributed by atoms with Crippen molar-refractivity contribution in [2.45, 2.75) is 166 Å². The second-order valence-electron chi connectivity index (χ2n) is 14.5. The molecular formula is C47H76O12S. The van der Waals surface area contributed by atoms with Gasteiger partial charge in [-0.25, -0.2) is 4.18 Å². The quantitative estimate of drug-likeness (QED) is 0.0204. The van der Waals surface area contributed by atoms with Crippen molar-refractivity contribution in [2.75, 3.05) is 26.4 Å². The van der Waals surface area contributed by atoms with E-state index in [1.165, 1.54) is 19.3 Å². The summed E-state index contributed by atoms with van der Waals surface area (Å²) in [4.78, 5) is 12.8. The van der Waals surface area contributed by atoms with Crippen LogP contribution in [0.1, 0.15) is 129 Å². The molecule has 0 radical (unpaired) electrons. The Bertz CT molecular complexity index is 1410. The third-order valence-electron chi connectivity index (χ3n) is 9.22. The fraction of sp³-hybridized carbons (Fsp3) is 0.638. The molecular weight excluding hydrogens is 789 g/mol. The van der Waals surface area contributed by atoms with E-state index in [4.69, 9.17) is 23.5 Å². The molecule has 13 heteroatoms. The summed E-state index contributed by atoms with van der Waals surface area (Å²) < 4.78 is 58.9. The maximum atomic E-state index is 12.8. The predicted molar refractivity (Wildman–Crippen MR) is 238 cm³/mol. The summed E-state index contributed by atoms with van der Waals surface area (Å²) in [5.74, 6) is -0.488. The van der Waals surface area contributed by atoms with Crippen LogP contribution in [0.3, 0.4) is 0 Å². The maximum absolute atomic E-state index is 12.8. The number of hydrogen-bond acceptors (Lipinski definition) is 11. The molecule has 1 heterocycles. The Morgan fingerprint density at radius 2 is 1.10 bits per heavy atom. The van der Waals surface area contributed by atoms with Gasteiger partial charge in [0.05, 0.1) is 19.8 Å². The first kappa shape index (κ1) is 55.0. The summed E-state index contributed by atoms with van der Waals surface area (Å²) >= 11 is 0. The Kier molecular flexibility index (Phi) is 34.6. The monoisotopic (exact) mass is 865 g/mol. The lowest BCUT2D eigenvalue weighted by molar-refractivity contribution is -0.301. The molecule has 342 valence electrons. The van der Waals surface area contributed by atoms with Crippen molar-refractivity contribution in [1.82, 2.24) is 0 Å². The second-order valence-corrected chi connectivity index (χ2v) is 15.6. The van der Waals surface area contributed by atoms with Gasteiger partial charge in [-0.15, -0.1) is 0 Å². The number of ether oxygens (including phenoxy) is 4. The molecule has 0 spiro atoms. The van der Waals surface area contributed by atoms with Gasteiger partial charge >= 0.3 is 16.4 Å². The molecule has 0 aromatic carbocycles. The molecule has 1 fully saturated rings. The highest BCUT2D eigenvalue weighted by atomic mass is 32.3. The van der Waals surface area contributed by atoms with E-state index in [0.29, 0.717) is 13.0 Å². The molecule has 60 heavy (non-hydrogen) atoms. The van der Waals surface area contributed by atoms with Crippen molar-refractivity contribution in [2.24, 2.45) is 0 Å². The second kappa shape index (κ2) is 37.8. The Morgan fingerprint density at radius 1 is 0.633 bits per heavy atom. The summed E-state index contributed by atoms with van der Waals surface area (Å²) in [6, 6.07) is 0. The van der Waals surface area contributed by atoms with Crippen molar-refractivity contribution in [3.8, 4) is 0 Å². The molecule has 0 aliphatic carbocycles. The highest BCUT2D eigenvalue weighted by Gasteiger charge is 2.48. The van der Waals surface area contributed by atoms with Gasteiger partial charge in [-0.2, -0.15) is 8.42 Å². The first-order chi connectivity index (χ1) is 29.1. The summed E-state index contributed by atoms with van der Waals surface area (Å²) in [7, 11) is -5.08. The molecule has 0 bridgehead atoms. The molecule has 1 saturated heterocycles. The van der Waals surface area contributed by atoms with Crippen LogP contribution in [0.25, 0.3) is 0 Å². The summed E-state index contributed by atoms with van der Waals surface area (Å²) in [5.41, 5.74) is 0. The minimum atomic E-state index is -5.08. The van der Waals surface area contributed by atoms with Gasteiger partial charge in [0.1, 0.15) is 30.5 Å². The van der Waals surface area contributed by atoms with E-state index in [-0.39, 0.29) is 19.6 Å². The molecule has 1 aliphatic heterocycles. The largest absolute Gasteiger partial charge is 0.457 e. The lowest BCUT2D eigenvalue weighted by Gasteiger charge is -2.41. The molecule has 0 saturated carbocycles. The van der Waals surface area contributed by atoms with Crippen LogP contribution in [0.4, 0.5) is 0 Å². The van der Waals surface area contributed by atoms with Gasteiger partial charge in [-0.3, -0.25) is 9.35 Å². The van der Waals surface area contributed by atoms with Gasteiger partial charge in [0.2, 0.25) is 0 Å². The molecule has 1 rings (SSSR count). The standard InChI is InChI=1S/C47H76O12S/c1-3-5-7-9-11-13-15-17-18-19-20-21-22-23-25-27-29-31-33-35-37-55-39-41(40-56-47-45(51)46(59-60(52,53)54)44(50)42(38-48)58-47)57-43(49)36-34-32-30-28-26-24-16-14-12-10-8-6-4-2/h5-8,11-14,17-18,20-21,24,26,30,32,41-42,44-48,50-51H,3-4,9-10,15-16,19,22-23,25,27-29,31,33-40H2,1-2H3,(H,52,53,54)/b7-5-,8-6-,13-11-,14-12-,18-17-,21-20-,26-24-,32-30-. The number of aliphatic hydroxyl groups excluding tert-OH is 3. The molecule has 0 amide bonds. The predicted octanol–water partition coefficient (Wildman–Crippen LogP) is 9.07. The average Bonchev–Trinajstić information content (AvgIpc) is 3.22. The van der Waals surface area contributed by atoms with Gasteiger partial charge in [-0.1, -0.05) is 143 Å². The topological polar surface area (TPSA) is 178 Å². The Balaban J connectivity index is 2.47. The minimum absolute atomic E-state index is 0.00712. The van der Waals surface area contributed by atoms with Gasteiger partial charge in [-0.05, 0) is 77.0 Å². The summed E-state index contributed by atoms with van der Waals surface area (Å²) in [6.07, 6.45) is 41.8. The smallest absolute Gasteiger partial charge is 0.397 e. The highest BCUT2D eigenvalue weighted by Crippen LogP contribution is 2.26. The van der Waals surface area contributed by atoms with Crippen molar-refractivity contribution in [3.63, 3.8) is 0 Å². The number of rotatable bonds is 36. The van der Waals surface area contributed by atoms with E-state index in [2.05, 4.69) is 103 Å². The lowest BCUT2D eigenvalue weighted by Crippen LogP contribution is -2.60. The maximum Gasteiger partial charge on any atom is 0.397 e. The van der Waals surface area contributed by atoms with Gasteiger partial charge in [0.25, 0.3) is 0 Å². The van der Waals surface area contributed by atoms with Crippen LogP contribution < -0.4 is 0 Å². The molecule has 0 aromatic rings. The first-order valence-corrected chi connectivity index (χ1v) is 23.4. The van der Waals surface area contributed by atoms with Crippen LogP contribution >= 0.6 is 0 Å². The van der Waals surface area contributed by atoms with Gasteiger partial charge in [0.15, 0.2) is 6.29 Å². The highest BCUT2D eigenvalue weighted by molar-refractivity contribution is 7.80. The number of esters is 1. The van der Waals surface area contributed by atoms with E-state index < -0.39 is 59.8 Å². The van der Waals surface area contributed by atoms with E-state index in [1.807, 2.05) is 12.2 Å². The van der Waals surface area contributed by atoms with Crippen molar-refractivity contribution < 1.29 is 56.2 Å². The van der Waals surface area contributed by atoms with Crippen LogP contribution in [0, 0.1) is 0 Å². The number of carbonyl (C=O) groups is 1. The number of aliphatic hydroxyl groups is 3. The number of unbranched alkanes of at least 4 members (excludes halogenated alkanes) is 7. The van der Waals surface area contributed by atoms with E-state index in [0.717, 1.165) is 83.5 Å². The molecule has 12 nitrogen and oxygen atoms in total. The fourth-order valence-electron chi connectivity index (χ4n) is 5.97. The normalized spacial score (nSPS) is 21.2. The molecule has 6 unspecified atom stereocenters.